The number of urea groups is 1. The number of likely N-dealkylation sites (N-methyl/N-ethyl adjacent to an activating group) is 1. The van der Waals surface area contributed by atoms with Crippen molar-refractivity contribution in [1.29, 1.82) is 0 Å². The summed E-state index contributed by atoms with van der Waals surface area (Å²) in [5.41, 5.74) is 0.767. The van der Waals surface area contributed by atoms with E-state index in [1.165, 1.54) is 21.6 Å². The number of unbranched alkanes of at least 4 members (excludes halogenated alkanes) is 2. The van der Waals surface area contributed by atoms with Crippen LogP contribution >= 0.6 is 11.8 Å². The van der Waals surface area contributed by atoms with Gasteiger partial charge in [0.05, 0.1) is 6.04 Å². The monoisotopic (exact) mass is 472 g/mol. The normalized spacial score (nSPS) is 19.6. The zero-order valence-electron chi connectivity index (χ0n) is 19.2. The molecule has 178 valence electrons. The molecule has 2 heterocycles. The van der Waals surface area contributed by atoms with Crippen LogP contribution in [0.2, 0.25) is 0 Å². The van der Waals surface area contributed by atoms with Gasteiger partial charge >= 0.3 is 6.03 Å². The first-order valence-electron chi connectivity index (χ1n) is 11.5. The van der Waals surface area contributed by atoms with E-state index in [9.17, 15) is 19.2 Å². The van der Waals surface area contributed by atoms with E-state index in [2.05, 4.69) is 5.32 Å². The number of para-hydroxylation sites is 1. The molecule has 1 N–H and O–H groups in total. The fourth-order valence-corrected chi connectivity index (χ4v) is 5.14. The number of thioether (sulfide) groups is 1. The van der Waals surface area contributed by atoms with Crippen molar-refractivity contribution < 1.29 is 19.2 Å². The van der Waals surface area contributed by atoms with E-state index in [-0.39, 0.29) is 36.9 Å². The van der Waals surface area contributed by atoms with Crippen molar-refractivity contribution >= 4 is 41.2 Å². The third-order valence-electron chi connectivity index (χ3n) is 5.92. The molecule has 1 saturated heterocycles. The molecular formula is C24H32N4O4S. The van der Waals surface area contributed by atoms with Crippen molar-refractivity contribution in [3.05, 3.63) is 41.8 Å². The van der Waals surface area contributed by atoms with Gasteiger partial charge < -0.3 is 15.1 Å². The number of imide groups is 1. The second kappa shape index (κ2) is 11.9. The van der Waals surface area contributed by atoms with Crippen molar-refractivity contribution in [3.63, 3.8) is 0 Å². The lowest BCUT2D eigenvalue weighted by atomic mass is 10.1. The summed E-state index contributed by atoms with van der Waals surface area (Å²) in [6.07, 6.45) is 4.22. The van der Waals surface area contributed by atoms with Crippen LogP contribution in [0.1, 0.15) is 39.5 Å². The molecule has 0 aliphatic carbocycles. The van der Waals surface area contributed by atoms with Gasteiger partial charge in [0.1, 0.15) is 11.8 Å². The number of benzene rings is 1. The summed E-state index contributed by atoms with van der Waals surface area (Å²) in [6.45, 7) is 5.23. The molecular weight excluding hydrogens is 440 g/mol. The van der Waals surface area contributed by atoms with E-state index < -0.39 is 11.3 Å². The predicted molar refractivity (Wildman–Crippen MR) is 130 cm³/mol. The molecule has 8 nitrogen and oxygen atoms in total. The molecule has 2 aliphatic heterocycles. The van der Waals surface area contributed by atoms with E-state index in [1.807, 2.05) is 55.7 Å². The molecule has 0 spiro atoms. The minimum atomic E-state index is -0.407. The fraction of sp³-hybridized carbons (Fsp3) is 0.500. The quantitative estimate of drug-likeness (QED) is 0.499. The third-order valence-corrected chi connectivity index (χ3v) is 7.01. The van der Waals surface area contributed by atoms with Crippen molar-refractivity contribution in [3.8, 4) is 0 Å². The largest absolute Gasteiger partial charge is 0.342 e. The first-order chi connectivity index (χ1) is 16.0. The number of anilines is 1. The lowest BCUT2D eigenvalue weighted by molar-refractivity contribution is -0.136. The van der Waals surface area contributed by atoms with Crippen LogP contribution in [0, 0.1) is 0 Å². The van der Waals surface area contributed by atoms with Gasteiger partial charge in [-0.05, 0) is 44.2 Å². The number of amides is 5. The Morgan fingerprint density at radius 1 is 1.06 bits per heavy atom. The molecule has 1 aromatic rings. The topological polar surface area (TPSA) is 90.0 Å². The molecule has 2 unspecified atom stereocenters. The minimum absolute atomic E-state index is 0.0317. The molecule has 1 aromatic carbocycles. The molecule has 0 radical (unpaired) electrons. The first kappa shape index (κ1) is 24.8. The molecule has 3 rings (SSSR count). The van der Waals surface area contributed by atoms with E-state index in [0.29, 0.717) is 32.4 Å². The van der Waals surface area contributed by atoms with Crippen molar-refractivity contribution in [2.24, 2.45) is 0 Å². The Morgan fingerprint density at radius 2 is 1.79 bits per heavy atom. The Bertz CT molecular complexity index is 888. The summed E-state index contributed by atoms with van der Waals surface area (Å²) in [5, 5.41) is 4.29. The van der Waals surface area contributed by atoms with Gasteiger partial charge in [0.15, 0.2) is 0 Å². The van der Waals surface area contributed by atoms with Crippen LogP contribution < -0.4 is 5.32 Å². The molecule has 0 bridgehead atoms. The first-order valence-corrected chi connectivity index (χ1v) is 12.5. The van der Waals surface area contributed by atoms with Crippen LogP contribution in [-0.4, -0.2) is 75.9 Å². The average molecular weight is 473 g/mol. The maximum Gasteiger partial charge on any atom is 0.327 e. The second-order valence-corrected chi connectivity index (χ2v) is 9.12. The van der Waals surface area contributed by atoms with Crippen molar-refractivity contribution in [2.75, 3.05) is 31.5 Å². The standard InChI is InChI=1S/C24H32N4O4S/c1-3-26(4-2)21(30)17-28-19-14-16-33-22(19)23(31)27(24(28)32)15-10-6-9-13-20(29)25-18-11-7-5-8-12-18/h5,7-8,11-12,14,16,19,22H,3-4,6,9-10,13,15,17H2,1-2H3,(H,25,29). The number of fused-ring (bicyclic) bond motifs is 1. The van der Waals surface area contributed by atoms with Gasteiger partial charge in [-0.3, -0.25) is 19.3 Å². The summed E-state index contributed by atoms with van der Waals surface area (Å²) in [7, 11) is 0. The van der Waals surface area contributed by atoms with E-state index in [4.69, 9.17) is 0 Å². The van der Waals surface area contributed by atoms with Crippen LogP contribution in [0.25, 0.3) is 0 Å². The average Bonchev–Trinajstić information content (AvgIpc) is 3.30. The minimum Gasteiger partial charge on any atom is -0.342 e. The zero-order chi connectivity index (χ0) is 23.8. The smallest absolute Gasteiger partial charge is 0.327 e. The number of hydrogen-bond donors (Lipinski definition) is 1. The predicted octanol–water partition coefficient (Wildman–Crippen LogP) is 3.32. The van der Waals surface area contributed by atoms with Gasteiger partial charge in [0.2, 0.25) is 17.7 Å². The highest BCUT2D eigenvalue weighted by Crippen LogP contribution is 2.34. The fourth-order valence-electron chi connectivity index (χ4n) is 4.07. The Morgan fingerprint density at radius 3 is 2.48 bits per heavy atom. The van der Waals surface area contributed by atoms with Crippen LogP contribution in [0.4, 0.5) is 10.5 Å². The van der Waals surface area contributed by atoms with Crippen LogP contribution in [0.15, 0.2) is 41.8 Å². The Balaban J connectivity index is 1.50. The van der Waals surface area contributed by atoms with Crippen LogP contribution in [0.5, 0.6) is 0 Å². The number of hydrogen-bond acceptors (Lipinski definition) is 5. The molecule has 2 atom stereocenters. The van der Waals surface area contributed by atoms with Crippen molar-refractivity contribution in [1.82, 2.24) is 14.7 Å². The highest BCUT2D eigenvalue weighted by Gasteiger charge is 2.47. The molecule has 2 aliphatic rings. The van der Waals surface area contributed by atoms with E-state index >= 15 is 0 Å². The van der Waals surface area contributed by atoms with Gasteiger partial charge in [0, 0.05) is 31.7 Å². The Labute approximate surface area is 199 Å². The van der Waals surface area contributed by atoms with Gasteiger partial charge in [0.25, 0.3) is 0 Å². The number of nitrogens with one attached hydrogen (secondary N) is 1. The van der Waals surface area contributed by atoms with Crippen LogP contribution in [0.3, 0.4) is 0 Å². The van der Waals surface area contributed by atoms with Gasteiger partial charge in [-0.15, -0.1) is 11.8 Å². The van der Waals surface area contributed by atoms with E-state index in [0.717, 1.165) is 12.1 Å². The van der Waals surface area contributed by atoms with Crippen molar-refractivity contribution in [2.45, 2.75) is 50.8 Å². The number of nitrogens with zero attached hydrogens (tertiary/aromatic N) is 3. The summed E-state index contributed by atoms with van der Waals surface area (Å²) >= 11 is 1.40. The maximum atomic E-state index is 13.1. The summed E-state index contributed by atoms with van der Waals surface area (Å²) in [6, 6.07) is 8.51. The molecule has 1 fully saturated rings. The van der Waals surface area contributed by atoms with Gasteiger partial charge in [-0.2, -0.15) is 0 Å². The number of carbonyl (C=O) groups excluding carboxylic acids is 4. The summed E-state index contributed by atoms with van der Waals surface area (Å²) < 4.78 is 0. The molecule has 0 aromatic heterocycles. The lowest BCUT2D eigenvalue weighted by Crippen LogP contribution is -2.63. The second-order valence-electron chi connectivity index (χ2n) is 8.07. The highest BCUT2D eigenvalue weighted by molar-refractivity contribution is 8.03. The maximum absolute atomic E-state index is 13.1. The number of carbonyl (C=O) groups is 4. The molecule has 5 amide bonds. The molecule has 33 heavy (non-hydrogen) atoms. The lowest BCUT2D eigenvalue weighted by Gasteiger charge is -2.41. The summed E-state index contributed by atoms with van der Waals surface area (Å²) in [4.78, 5) is 55.3. The van der Waals surface area contributed by atoms with Crippen LogP contribution in [-0.2, 0) is 14.4 Å². The molecule has 9 heteroatoms. The highest BCUT2D eigenvalue weighted by atomic mass is 32.2. The molecule has 0 saturated carbocycles. The Kier molecular flexibility index (Phi) is 8.94. The number of rotatable bonds is 11. The van der Waals surface area contributed by atoms with Gasteiger partial charge in [-0.25, -0.2) is 4.79 Å². The summed E-state index contributed by atoms with van der Waals surface area (Å²) in [5.74, 6) is -0.367. The Hall–Kier alpha value is -2.81. The zero-order valence-corrected chi connectivity index (χ0v) is 20.1. The SMILES string of the molecule is CCN(CC)C(=O)CN1C(=O)N(CCCCCC(=O)Nc2ccccc2)C(=O)C2SC=CC21. The third kappa shape index (κ3) is 6.16. The van der Waals surface area contributed by atoms with Gasteiger partial charge in [-0.1, -0.05) is 30.7 Å². The van der Waals surface area contributed by atoms with E-state index in [1.54, 1.807) is 4.90 Å².